The second-order valence-corrected chi connectivity index (χ2v) is 19.5. The molecule has 0 radical (unpaired) electrons. The zero-order valence-corrected chi connectivity index (χ0v) is 42.6. The Labute approximate surface area is 435 Å². The average molecular weight is 1030 g/mol. The van der Waals surface area contributed by atoms with Crippen LogP contribution in [0.4, 0.5) is 5.82 Å². The number of aryl methyl sites for hydroxylation is 1. The lowest BCUT2D eigenvalue weighted by Crippen LogP contribution is -2.41. The number of imidazole rings is 1. The average Bonchev–Trinajstić information content (AvgIpc) is 4.05. The van der Waals surface area contributed by atoms with Gasteiger partial charge in [0.2, 0.25) is 0 Å². The molecule has 0 bridgehead atoms. The van der Waals surface area contributed by atoms with Gasteiger partial charge in [0.25, 0.3) is 10.1 Å². The molecular formula is C59H55N5O10S. The Morgan fingerprint density at radius 1 is 0.587 bits per heavy atom. The quantitative estimate of drug-likeness (QED) is 0.0579. The van der Waals surface area contributed by atoms with E-state index in [9.17, 15) is 13.5 Å². The Morgan fingerprint density at radius 2 is 1.04 bits per heavy atom. The standard InChI is InChI=1S/C59H55N5O10S/c1-39-16-34-50(35-17-39)75(66,67)74-54-51(36-72-59(43-14-10-7-11-15-43,44-22-30-48(70-4)31-23-44)45-24-32-49(71-5)33-25-45)73-57(53(54)65)64-38-62-52-55(60-37-61-56(52)64)63-58(40-12-8-6-9-13-40,41-18-26-46(68-2)27-19-41)42-20-28-47(69-3)29-21-42/h6-35,37-38,51,53-54,57,65H,36H2,1-5H3,(H,60,61,63)/t51-,53-,54-,57-/m1/s1. The molecule has 0 unspecified atom stereocenters. The summed E-state index contributed by atoms with van der Waals surface area (Å²) >= 11 is 0. The van der Waals surface area contributed by atoms with Crippen LogP contribution in [0.25, 0.3) is 11.2 Å². The summed E-state index contributed by atoms with van der Waals surface area (Å²) in [5.74, 6) is 2.98. The van der Waals surface area contributed by atoms with Gasteiger partial charge in [-0.25, -0.2) is 15.0 Å². The van der Waals surface area contributed by atoms with Gasteiger partial charge in [0, 0.05) is 0 Å². The molecule has 382 valence electrons. The van der Waals surface area contributed by atoms with E-state index >= 15 is 0 Å². The summed E-state index contributed by atoms with van der Waals surface area (Å²) in [4.78, 5) is 14.3. The van der Waals surface area contributed by atoms with E-state index in [1.54, 1.807) is 45.1 Å². The van der Waals surface area contributed by atoms with Crippen LogP contribution in [0.1, 0.15) is 45.2 Å². The topological polar surface area (TPSA) is 175 Å². The monoisotopic (exact) mass is 1030 g/mol. The summed E-state index contributed by atoms with van der Waals surface area (Å²) in [7, 11) is 1.93. The molecule has 0 spiro atoms. The van der Waals surface area contributed by atoms with E-state index in [1.807, 2.05) is 165 Å². The van der Waals surface area contributed by atoms with Gasteiger partial charge in [-0.3, -0.25) is 8.75 Å². The largest absolute Gasteiger partial charge is 0.497 e. The lowest BCUT2D eigenvalue weighted by Gasteiger charge is -2.37. The molecule has 1 fully saturated rings. The van der Waals surface area contributed by atoms with Crippen LogP contribution in [0.3, 0.4) is 0 Å². The molecule has 0 amide bonds. The summed E-state index contributed by atoms with van der Waals surface area (Å²) in [6.07, 6.45) is -2.73. The predicted molar refractivity (Wildman–Crippen MR) is 283 cm³/mol. The smallest absolute Gasteiger partial charge is 0.297 e. The van der Waals surface area contributed by atoms with Crippen molar-refractivity contribution in [3.05, 3.63) is 234 Å². The molecule has 10 rings (SSSR count). The van der Waals surface area contributed by atoms with Gasteiger partial charge in [-0.05, 0) is 101 Å². The molecule has 75 heavy (non-hydrogen) atoms. The van der Waals surface area contributed by atoms with Crippen molar-refractivity contribution >= 4 is 27.1 Å². The van der Waals surface area contributed by atoms with Gasteiger partial charge in [-0.15, -0.1) is 0 Å². The van der Waals surface area contributed by atoms with Crippen molar-refractivity contribution in [3.8, 4) is 23.0 Å². The number of hydrogen-bond donors (Lipinski definition) is 2. The number of anilines is 1. The number of nitrogens with one attached hydrogen (secondary N) is 1. The normalized spacial score (nSPS) is 16.9. The van der Waals surface area contributed by atoms with E-state index in [0.717, 1.165) is 38.9 Å². The van der Waals surface area contributed by atoms with Crippen LogP contribution in [0, 0.1) is 6.92 Å². The van der Waals surface area contributed by atoms with Crippen molar-refractivity contribution in [2.75, 3.05) is 40.4 Å². The second kappa shape index (κ2) is 21.4. The van der Waals surface area contributed by atoms with Crippen molar-refractivity contribution in [2.45, 2.75) is 47.5 Å². The van der Waals surface area contributed by atoms with Gasteiger partial charge in [0.15, 0.2) is 23.2 Å². The molecule has 3 heterocycles. The van der Waals surface area contributed by atoms with Crippen LogP contribution in [0.5, 0.6) is 23.0 Å². The molecule has 0 saturated carbocycles. The minimum atomic E-state index is -4.50. The number of aromatic nitrogens is 4. The van der Waals surface area contributed by atoms with Gasteiger partial charge in [0.1, 0.15) is 58.8 Å². The lowest BCUT2D eigenvalue weighted by atomic mass is 9.77. The van der Waals surface area contributed by atoms with Gasteiger partial charge in [-0.1, -0.05) is 127 Å². The number of fused-ring (bicyclic) bond motifs is 1. The number of aliphatic hydroxyl groups is 1. The minimum Gasteiger partial charge on any atom is -0.497 e. The maximum Gasteiger partial charge on any atom is 0.297 e. The maximum absolute atomic E-state index is 14.3. The Hall–Kier alpha value is -8.12. The lowest BCUT2D eigenvalue weighted by molar-refractivity contribution is -0.0919. The zero-order chi connectivity index (χ0) is 52.2. The molecule has 1 aliphatic heterocycles. The summed E-state index contributed by atoms with van der Waals surface area (Å²) in [6.45, 7) is 1.57. The number of benzene rings is 7. The van der Waals surface area contributed by atoms with E-state index in [4.69, 9.17) is 47.6 Å². The first-order chi connectivity index (χ1) is 36.5. The minimum absolute atomic E-state index is 0.0920. The summed E-state index contributed by atoms with van der Waals surface area (Å²) in [5.41, 5.74) is 3.86. The highest BCUT2D eigenvalue weighted by atomic mass is 32.2. The van der Waals surface area contributed by atoms with Crippen molar-refractivity contribution in [1.82, 2.24) is 19.5 Å². The number of nitrogens with zero attached hydrogens (tertiary/aromatic N) is 4. The van der Waals surface area contributed by atoms with Crippen molar-refractivity contribution in [3.63, 3.8) is 0 Å². The van der Waals surface area contributed by atoms with E-state index < -0.39 is 45.8 Å². The van der Waals surface area contributed by atoms with E-state index in [1.165, 1.54) is 24.8 Å². The number of aliphatic hydroxyl groups excluding tert-OH is 1. The fourth-order valence-electron chi connectivity index (χ4n) is 9.78. The van der Waals surface area contributed by atoms with E-state index in [2.05, 4.69) is 5.32 Å². The SMILES string of the molecule is COc1ccc(C(Nc2ncnc3c2ncn3[C@@H]2O[C@H](COC(c3ccccc3)(c3ccc(OC)cc3)c3ccc(OC)cc3)[C@@H](OS(=O)(=O)c3ccc(C)cc3)[C@H]2O)(c2ccccc2)c2ccc(OC)cc2)cc1. The first-order valence-electron chi connectivity index (χ1n) is 24.1. The summed E-state index contributed by atoms with van der Waals surface area (Å²) < 4.78 is 72.5. The van der Waals surface area contributed by atoms with Gasteiger partial charge in [0.05, 0.1) is 46.3 Å². The van der Waals surface area contributed by atoms with Crippen molar-refractivity contribution < 1.29 is 46.1 Å². The Kier molecular flexibility index (Phi) is 14.4. The molecule has 16 heteroatoms. The third kappa shape index (κ3) is 9.65. The fourth-order valence-corrected chi connectivity index (χ4v) is 10.9. The zero-order valence-electron chi connectivity index (χ0n) is 41.8. The van der Waals surface area contributed by atoms with Crippen LogP contribution in [-0.2, 0) is 34.9 Å². The first-order valence-corrected chi connectivity index (χ1v) is 25.5. The van der Waals surface area contributed by atoms with Crippen LogP contribution < -0.4 is 24.3 Å². The Bertz CT molecular complexity index is 3360. The molecule has 7 aromatic carbocycles. The van der Waals surface area contributed by atoms with E-state index in [-0.39, 0.29) is 17.1 Å². The fraction of sp³-hybridized carbons (Fsp3) is 0.203. The molecule has 9 aromatic rings. The molecular weight excluding hydrogens is 971 g/mol. The molecule has 4 atom stereocenters. The third-order valence-corrected chi connectivity index (χ3v) is 15.0. The van der Waals surface area contributed by atoms with Crippen LogP contribution >= 0.6 is 0 Å². The van der Waals surface area contributed by atoms with Crippen LogP contribution in [-0.4, -0.2) is 86.4 Å². The predicted octanol–water partition coefficient (Wildman–Crippen LogP) is 9.61. The number of ether oxygens (including phenoxy) is 6. The van der Waals surface area contributed by atoms with Crippen LogP contribution in [0.2, 0.25) is 0 Å². The molecule has 0 aliphatic carbocycles. The Morgan fingerprint density at radius 3 is 1.53 bits per heavy atom. The Balaban J connectivity index is 1.08. The summed E-state index contributed by atoms with van der Waals surface area (Å²) in [6, 6.07) is 56.5. The molecule has 2 aromatic heterocycles. The van der Waals surface area contributed by atoms with Gasteiger partial charge >= 0.3 is 0 Å². The van der Waals surface area contributed by atoms with Gasteiger partial charge in [-0.2, -0.15) is 8.42 Å². The van der Waals surface area contributed by atoms with Crippen molar-refractivity contribution in [2.24, 2.45) is 0 Å². The maximum atomic E-state index is 14.3. The molecule has 1 saturated heterocycles. The highest BCUT2D eigenvalue weighted by Crippen LogP contribution is 2.45. The first kappa shape index (κ1) is 50.4. The number of rotatable bonds is 19. The van der Waals surface area contributed by atoms with Crippen LogP contribution in [0.15, 0.2) is 200 Å². The molecule has 15 nitrogen and oxygen atoms in total. The second-order valence-electron chi connectivity index (χ2n) is 17.9. The highest BCUT2D eigenvalue weighted by Gasteiger charge is 2.50. The van der Waals surface area contributed by atoms with Crippen molar-refractivity contribution in [1.29, 1.82) is 0 Å². The number of methoxy groups -OCH3 is 4. The molecule has 2 N–H and O–H groups in total. The third-order valence-electron chi connectivity index (χ3n) is 13.7. The van der Waals surface area contributed by atoms with Gasteiger partial charge < -0.3 is 38.8 Å². The number of hydrogen-bond acceptors (Lipinski definition) is 14. The van der Waals surface area contributed by atoms with E-state index in [0.29, 0.717) is 34.3 Å². The highest BCUT2D eigenvalue weighted by molar-refractivity contribution is 7.86. The molecule has 1 aliphatic rings. The summed E-state index contributed by atoms with van der Waals surface area (Å²) in [5, 5.41) is 16.4.